The van der Waals surface area contributed by atoms with Gasteiger partial charge >= 0.3 is 0 Å². The maximum atomic E-state index is 12.3. The second-order valence-corrected chi connectivity index (χ2v) is 5.70. The number of nitrogens with zero attached hydrogens (tertiary/aromatic N) is 2. The molecule has 0 unspecified atom stereocenters. The van der Waals surface area contributed by atoms with Gasteiger partial charge in [-0.3, -0.25) is 14.8 Å². The van der Waals surface area contributed by atoms with Crippen LogP contribution in [0.5, 0.6) is 0 Å². The number of aromatic nitrogens is 2. The van der Waals surface area contributed by atoms with Crippen molar-refractivity contribution in [1.82, 2.24) is 15.1 Å². The number of nitrogens with one attached hydrogen (secondary N) is 2. The summed E-state index contributed by atoms with van der Waals surface area (Å²) in [7, 11) is 0. The van der Waals surface area contributed by atoms with Crippen molar-refractivity contribution in [1.29, 1.82) is 0 Å². The third-order valence-electron chi connectivity index (χ3n) is 3.96. The molecule has 3 rings (SSSR count). The summed E-state index contributed by atoms with van der Waals surface area (Å²) in [5.74, 6) is 0.410. The van der Waals surface area contributed by atoms with Crippen LogP contribution < -0.4 is 5.32 Å². The van der Waals surface area contributed by atoms with E-state index in [1.165, 1.54) is 5.56 Å². The van der Waals surface area contributed by atoms with Gasteiger partial charge in [0.2, 0.25) is 0 Å². The molecule has 6 nitrogen and oxygen atoms in total. The Bertz CT molecular complexity index is 641. The Labute approximate surface area is 135 Å². The number of morpholine rings is 1. The zero-order chi connectivity index (χ0) is 16.1. The highest BCUT2D eigenvalue weighted by Gasteiger charge is 2.27. The monoisotopic (exact) mass is 314 g/mol. The number of hydrogen-bond acceptors (Lipinski definition) is 4. The number of hydrogen-bond donors (Lipinski definition) is 2. The van der Waals surface area contributed by atoms with Crippen LogP contribution in [0.4, 0.5) is 5.82 Å². The quantitative estimate of drug-likeness (QED) is 0.883. The van der Waals surface area contributed by atoms with Crippen LogP contribution in [0.1, 0.15) is 18.2 Å². The van der Waals surface area contributed by atoms with E-state index in [9.17, 15) is 4.79 Å². The summed E-state index contributed by atoms with van der Waals surface area (Å²) in [5, 5.41) is 9.79. The van der Waals surface area contributed by atoms with Crippen LogP contribution in [-0.4, -0.2) is 46.8 Å². The lowest BCUT2D eigenvalue weighted by Crippen LogP contribution is -2.47. The molecule has 1 amide bonds. The molecule has 0 radical (unpaired) electrons. The van der Waals surface area contributed by atoms with Crippen LogP contribution in [0.15, 0.2) is 36.4 Å². The summed E-state index contributed by atoms with van der Waals surface area (Å²) < 4.78 is 5.62. The SMILES string of the molecule is CCc1cc(NC(=O)[C@@H]2CN(Cc3ccccc3)CCO2)n[nH]1. The Morgan fingerprint density at radius 2 is 2.26 bits per heavy atom. The largest absolute Gasteiger partial charge is 0.366 e. The number of aromatic amines is 1. The smallest absolute Gasteiger partial charge is 0.256 e. The lowest BCUT2D eigenvalue weighted by atomic mass is 10.2. The number of carbonyl (C=O) groups is 1. The molecule has 2 N–H and O–H groups in total. The van der Waals surface area contributed by atoms with Gasteiger partial charge in [0, 0.05) is 31.4 Å². The van der Waals surface area contributed by atoms with E-state index in [1.807, 2.05) is 31.2 Å². The first kappa shape index (κ1) is 15.7. The third-order valence-corrected chi connectivity index (χ3v) is 3.96. The molecule has 0 bridgehead atoms. The predicted octanol–water partition coefficient (Wildman–Crippen LogP) is 1.81. The van der Waals surface area contributed by atoms with E-state index in [1.54, 1.807) is 0 Å². The van der Waals surface area contributed by atoms with Crippen molar-refractivity contribution in [3.05, 3.63) is 47.7 Å². The Hall–Kier alpha value is -2.18. The van der Waals surface area contributed by atoms with Crippen molar-refractivity contribution in [2.75, 3.05) is 25.0 Å². The van der Waals surface area contributed by atoms with E-state index < -0.39 is 6.10 Å². The molecule has 1 fully saturated rings. The average molecular weight is 314 g/mol. The summed E-state index contributed by atoms with van der Waals surface area (Å²) in [5.41, 5.74) is 2.24. The fourth-order valence-corrected chi connectivity index (χ4v) is 2.66. The highest BCUT2D eigenvalue weighted by molar-refractivity contribution is 5.93. The van der Waals surface area contributed by atoms with Crippen LogP contribution >= 0.6 is 0 Å². The molecule has 1 aliphatic heterocycles. The van der Waals surface area contributed by atoms with Gasteiger partial charge in [-0.05, 0) is 12.0 Å². The number of amides is 1. The molecule has 2 aromatic rings. The summed E-state index contributed by atoms with van der Waals surface area (Å²) >= 11 is 0. The second-order valence-electron chi connectivity index (χ2n) is 5.70. The molecule has 2 heterocycles. The number of H-pyrrole nitrogens is 1. The molecule has 0 saturated carbocycles. The van der Waals surface area contributed by atoms with Gasteiger partial charge in [-0.25, -0.2) is 0 Å². The van der Waals surface area contributed by atoms with Crippen molar-refractivity contribution in [3.8, 4) is 0 Å². The van der Waals surface area contributed by atoms with Crippen molar-refractivity contribution < 1.29 is 9.53 Å². The Morgan fingerprint density at radius 1 is 1.43 bits per heavy atom. The van der Waals surface area contributed by atoms with E-state index in [4.69, 9.17) is 4.74 Å². The molecule has 0 aliphatic carbocycles. The maximum absolute atomic E-state index is 12.3. The topological polar surface area (TPSA) is 70.2 Å². The van der Waals surface area contributed by atoms with Gasteiger partial charge in [-0.15, -0.1) is 0 Å². The minimum atomic E-state index is -0.464. The first-order chi connectivity index (χ1) is 11.2. The number of ether oxygens (including phenoxy) is 1. The first-order valence-electron chi connectivity index (χ1n) is 7.97. The molecule has 1 aliphatic rings. The number of benzene rings is 1. The zero-order valence-electron chi connectivity index (χ0n) is 13.3. The highest BCUT2D eigenvalue weighted by atomic mass is 16.5. The number of aryl methyl sites for hydroxylation is 1. The van der Waals surface area contributed by atoms with Crippen molar-refractivity contribution in [3.63, 3.8) is 0 Å². The molecule has 1 aromatic heterocycles. The lowest BCUT2D eigenvalue weighted by Gasteiger charge is -2.32. The molecular formula is C17H22N4O2. The first-order valence-corrected chi connectivity index (χ1v) is 7.97. The van der Waals surface area contributed by atoms with Gasteiger partial charge in [0.25, 0.3) is 5.91 Å². The number of anilines is 1. The molecule has 1 aromatic carbocycles. The minimum absolute atomic E-state index is 0.142. The minimum Gasteiger partial charge on any atom is -0.366 e. The van der Waals surface area contributed by atoms with E-state index in [0.29, 0.717) is 19.0 Å². The lowest BCUT2D eigenvalue weighted by molar-refractivity contribution is -0.133. The van der Waals surface area contributed by atoms with Crippen molar-refractivity contribution in [2.45, 2.75) is 26.0 Å². The van der Waals surface area contributed by atoms with E-state index in [2.05, 4.69) is 32.5 Å². The molecule has 122 valence electrons. The van der Waals surface area contributed by atoms with E-state index in [0.717, 1.165) is 25.2 Å². The van der Waals surface area contributed by atoms with Gasteiger partial charge in [0.15, 0.2) is 5.82 Å². The van der Waals surface area contributed by atoms with Gasteiger partial charge in [-0.2, -0.15) is 5.10 Å². The third kappa shape index (κ3) is 4.18. The van der Waals surface area contributed by atoms with Crippen LogP contribution in [0.2, 0.25) is 0 Å². The van der Waals surface area contributed by atoms with Crippen molar-refractivity contribution >= 4 is 11.7 Å². The summed E-state index contributed by atoms with van der Waals surface area (Å²) in [6.07, 6.45) is 0.391. The predicted molar refractivity (Wildman–Crippen MR) is 88.1 cm³/mol. The Morgan fingerprint density at radius 3 is 3.00 bits per heavy atom. The van der Waals surface area contributed by atoms with Gasteiger partial charge in [-0.1, -0.05) is 37.3 Å². The summed E-state index contributed by atoms with van der Waals surface area (Å²) in [6, 6.07) is 12.1. The number of carbonyl (C=O) groups excluding carboxylic acids is 1. The normalized spacial score (nSPS) is 18.7. The Balaban J connectivity index is 1.56. The van der Waals surface area contributed by atoms with Crippen LogP contribution in [-0.2, 0) is 22.5 Å². The van der Waals surface area contributed by atoms with E-state index in [-0.39, 0.29) is 5.91 Å². The highest BCUT2D eigenvalue weighted by Crippen LogP contribution is 2.13. The van der Waals surface area contributed by atoms with E-state index >= 15 is 0 Å². The summed E-state index contributed by atoms with van der Waals surface area (Å²) in [6.45, 7) is 4.85. The molecular weight excluding hydrogens is 292 g/mol. The Kier molecular flexibility index (Phi) is 5.05. The van der Waals surface area contributed by atoms with Crippen LogP contribution in [0.25, 0.3) is 0 Å². The summed E-state index contributed by atoms with van der Waals surface area (Å²) in [4.78, 5) is 14.6. The molecule has 0 spiro atoms. The molecule has 6 heteroatoms. The maximum Gasteiger partial charge on any atom is 0.256 e. The fraction of sp³-hybridized carbons (Fsp3) is 0.412. The number of rotatable bonds is 5. The molecule has 23 heavy (non-hydrogen) atoms. The van der Waals surface area contributed by atoms with Gasteiger partial charge < -0.3 is 10.1 Å². The molecule has 1 saturated heterocycles. The fourth-order valence-electron chi connectivity index (χ4n) is 2.66. The second kappa shape index (κ2) is 7.39. The van der Waals surface area contributed by atoms with Crippen LogP contribution in [0.3, 0.4) is 0 Å². The zero-order valence-corrected chi connectivity index (χ0v) is 13.3. The van der Waals surface area contributed by atoms with Crippen LogP contribution in [0, 0.1) is 0 Å². The average Bonchev–Trinajstić information content (AvgIpc) is 3.03. The van der Waals surface area contributed by atoms with Gasteiger partial charge in [0.1, 0.15) is 6.10 Å². The molecule has 1 atom stereocenters. The standard InChI is InChI=1S/C17H22N4O2/c1-2-14-10-16(20-19-14)18-17(22)15-12-21(8-9-23-15)11-13-6-4-3-5-7-13/h3-7,10,15H,2,8-9,11-12H2,1H3,(H2,18,19,20,22)/t15-/m0/s1. The van der Waals surface area contributed by atoms with Crippen molar-refractivity contribution in [2.24, 2.45) is 0 Å². The van der Waals surface area contributed by atoms with Gasteiger partial charge in [0.05, 0.1) is 6.61 Å².